The smallest absolute Gasteiger partial charge is 0.269 e. The summed E-state index contributed by atoms with van der Waals surface area (Å²) in [7, 11) is -4.03. The molecule has 0 spiro atoms. The van der Waals surface area contributed by atoms with Crippen LogP contribution in [-0.4, -0.2) is 20.9 Å². The Hall–Kier alpha value is -3.67. The van der Waals surface area contributed by atoms with Crippen LogP contribution in [0.2, 0.25) is 0 Å². The highest BCUT2D eigenvalue weighted by Crippen LogP contribution is 2.33. The van der Waals surface area contributed by atoms with E-state index in [1.54, 1.807) is 35.1 Å². The molecule has 0 saturated heterocycles. The number of rotatable bonds is 5. The topological polar surface area (TPSA) is 78.5 Å². The zero-order chi connectivity index (χ0) is 23.9. The van der Waals surface area contributed by atoms with E-state index in [9.17, 15) is 35.2 Å². The molecule has 33 heavy (non-hydrogen) atoms. The van der Waals surface area contributed by atoms with Crippen LogP contribution in [0.25, 0.3) is 0 Å². The molecule has 0 unspecified atom stereocenters. The van der Waals surface area contributed by atoms with Crippen LogP contribution in [0.4, 0.5) is 33.3 Å². The van der Waals surface area contributed by atoms with Crippen molar-refractivity contribution >= 4 is 27.3 Å². The van der Waals surface area contributed by atoms with Crippen molar-refractivity contribution in [3.8, 4) is 0 Å². The van der Waals surface area contributed by atoms with Crippen LogP contribution in [0.3, 0.4) is 0 Å². The highest BCUT2D eigenvalue weighted by molar-refractivity contribution is 7.92. The largest absolute Gasteiger partial charge is 0.293 e. The Morgan fingerprint density at radius 3 is 2.18 bits per heavy atom. The third kappa shape index (κ3) is 3.86. The van der Waals surface area contributed by atoms with Crippen LogP contribution in [-0.2, 0) is 16.4 Å². The van der Waals surface area contributed by atoms with Crippen molar-refractivity contribution in [3.63, 3.8) is 0 Å². The summed E-state index contributed by atoms with van der Waals surface area (Å²) in [5.41, 5.74) is 3.13. The number of fused-ring (bicyclic) bond motifs is 1. The maximum Gasteiger partial charge on any atom is 0.269 e. The lowest BCUT2D eigenvalue weighted by molar-refractivity contribution is 0.0962. The molecule has 1 aliphatic heterocycles. The number of hydrazine groups is 1. The lowest BCUT2D eigenvalue weighted by Crippen LogP contribution is -2.32. The van der Waals surface area contributed by atoms with Crippen LogP contribution in [0.5, 0.6) is 0 Å². The Kier molecular flexibility index (Phi) is 5.70. The van der Waals surface area contributed by atoms with Crippen molar-refractivity contribution in [3.05, 3.63) is 88.7 Å². The first-order valence-corrected chi connectivity index (χ1v) is 10.9. The Morgan fingerprint density at radius 1 is 0.848 bits per heavy atom. The summed E-state index contributed by atoms with van der Waals surface area (Å²) in [4.78, 5) is 12.2. The van der Waals surface area contributed by atoms with E-state index in [2.05, 4.69) is 0 Å². The SMILES string of the molecule is O=C(NNc1c(F)c(F)c(F)c(F)c1F)c1cccc(S(=O)(=O)N2CCc3ccccc32)c1. The second kappa shape index (κ2) is 8.35. The van der Waals surface area contributed by atoms with Gasteiger partial charge < -0.3 is 0 Å². The van der Waals surface area contributed by atoms with Crippen molar-refractivity contribution in [2.75, 3.05) is 16.3 Å². The Balaban J connectivity index is 1.57. The molecule has 0 fully saturated rings. The highest BCUT2D eigenvalue weighted by Gasteiger charge is 2.31. The summed E-state index contributed by atoms with van der Waals surface area (Å²) in [5.74, 6) is -12.1. The van der Waals surface area contributed by atoms with E-state index in [0.29, 0.717) is 12.1 Å². The normalized spacial score (nSPS) is 13.1. The van der Waals surface area contributed by atoms with Gasteiger partial charge in [-0.1, -0.05) is 24.3 Å². The molecule has 3 aromatic carbocycles. The third-order valence-electron chi connectivity index (χ3n) is 5.04. The fraction of sp³-hybridized carbons (Fsp3) is 0.0952. The average Bonchev–Trinajstić information content (AvgIpc) is 3.26. The average molecular weight is 483 g/mol. The van der Waals surface area contributed by atoms with E-state index in [4.69, 9.17) is 0 Å². The van der Waals surface area contributed by atoms with Crippen molar-refractivity contribution in [2.24, 2.45) is 0 Å². The van der Waals surface area contributed by atoms with Gasteiger partial charge in [-0.3, -0.25) is 20.0 Å². The molecule has 12 heteroatoms. The molecule has 3 aromatic rings. The van der Waals surface area contributed by atoms with Gasteiger partial charge in [0.25, 0.3) is 15.9 Å². The Labute approximate surface area is 184 Å². The van der Waals surface area contributed by atoms with Gasteiger partial charge in [0, 0.05) is 12.1 Å². The number of benzene rings is 3. The van der Waals surface area contributed by atoms with Gasteiger partial charge >= 0.3 is 0 Å². The zero-order valence-electron chi connectivity index (χ0n) is 16.5. The number of nitrogens with zero attached hydrogens (tertiary/aromatic N) is 1. The Bertz CT molecular complexity index is 1350. The molecule has 0 radical (unpaired) electrons. The molecular weight excluding hydrogens is 469 g/mol. The fourth-order valence-corrected chi connectivity index (χ4v) is 4.94. The zero-order valence-corrected chi connectivity index (χ0v) is 17.3. The van der Waals surface area contributed by atoms with Crippen LogP contribution >= 0.6 is 0 Å². The minimum Gasteiger partial charge on any atom is -0.293 e. The van der Waals surface area contributed by atoms with Gasteiger partial charge in [-0.25, -0.2) is 30.4 Å². The molecule has 0 saturated carbocycles. The van der Waals surface area contributed by atoms with Gasteiger partial charge in [-0.15, -0.1) is 0 Å². The van der Waals surface area contributed by atoms with E-state index in [0.717, 1.165) is 11.6 Å². The molecule has 6 nitrogen and oxygen atoms in total. The first kappa shape index (κ1) is 22.5. The first-order valence-electron chi connectivity index (χ1n) is 9.41. The molecular formula is C21H14F5N3O3S. The number of halogens is 5. The predicted octanol–water partition coefficient (Wildman–Crippen LogP) is 3.89. The van der Waals surface area contributed by atoms with Crippen LogP contribution in [0, 0.1) is 29.1 Å². The summed E-state index contributed by atoms with van der Waals surface area (Å²) in [6, 6.07) is 11.7. The van der Waals surface area contributed by atoms with Gasteiger partial charge in [0.15, 0.2) is 23.3 Å². The molecule has 0 bridgehead atoms. The molecule has 0 aliphatic carbocycles. The van der Waals surface area contributed by atoms with E-state index in [1.807, 2.05) is 0 Å². The molecule has 0 aromatic heterocycles. The number of nitrogens with one attached hydrogen (secondary N) is 2. The van der Waals surface area contributed by atoms with Crippen molar-refractivity contribution in [1.29, 1.82) is 0 Å². The molecule has 2 N–H and O–H groups in total. The minimum atomic E-state index is -4.03. The number of carbonyl (C=O) groups is 1. The number of carbonyl (C=O) groups excluding carboxylic acids is 1. The van der Waals surface area contributed by atoms with Crippen molar-refractivity contribution in [2.45, 2.75) is 11.3 Å². The quantitative estimate of drug-likeness (QED) is 0.250. The maximum absolute atomic E-state index is 13.8. The lowest BCUT2D eigenvalue weighted by Gasteiger charge is -2.20. The molecule has 1 aliphatic rings. The number of hydrogen-bond acceptors (Lipinski definition) is 4. The minimum absolute atomic E-state index is 0.208. The summed E-state index contributed by atoms with van der Waals surface area (Å²) in [6.45, 7) is 0.208. The number of sulfonamides is 1. The van der Waals surface area contributed by atoms with Crippen molar-refractivity contribution in [1.82, 2.24) is 5.43 Å². The van der Waals surface area contributed by atoms with Gasteiger partial charge in [-0.05, 0) is 36.2 Å². The molecule has 1 amide bonds. The van der Waals surface area contributed by atoms with Crippen LogP contribution in [0.1, 0.15) is 15.9 Å². The molecule has 172 valence electrons. The van der Waals surface area contributed by atoms with Crippen LogP contribution < -0.4 is 15.2 Å². The van der Waals surface area contributed by atoms with Crippen LogP contribution in [0.15, 0.2) is 53.4 Å². The Morgan fingerprint density at radius 2 is 1.48 bits per heavy atom. The lowest BCUT2D eigenvalue weighted by atomic mass is 10.2. The molecule has 0 atom stereocenters. The second-order valence-electron chi connectivity index (χ2n) is 7.01. The van der Waals surface area contributed by atoms with Crippen molar-refractivity contribution < 1.29 is 35.2 Å². The standard InChI is InChI=1S/C21H14F5N3O3S/c22-15-16(23)18(25)20(19(26)17(15)24)27-28-21(30)12-5-3-6-13(10-12)33(31,32)29-9-8-11-4-1-2-7-14(11)29/h1-7,10,27H,8-9H2,(H,28,30). The van der Waals surface area contributed by atoms with E-state index in [-0.39, 0.29) is 17.0 Å². The molecule has 1 heterocycles. The second-order valence-corrected chi connectivity index (χ2v) is 8.87. The van der Waals surface area contributed by atoms with E-state index in [1.165, 1.54) is 22.5 Å². The van der Waals surface area contributed by atoms with Gasteiger partial charge in [0.2, 0.25) is 5.82 Å². The number of para-hydroxylation sites is 1. The van der Waals surface area contributed by atoms with E-state index < -0.39 is 50.7 Å². The van der Waals surface area contributed by atoms with Gasteiger partial charge in [0.05, 0.1) is 10.6 Å². The monoisotopic (exact) mass is 483 g/mol. The predicted molar refractivity (Wildman–Crippen MR) is 108 cm³/mol. The summed E-state index contributed by atoms with van der Waals surface area (Å²) in [5, 5.41) is 0. The molecule has 4 rings (SSSR count). The highest BCUT2D eigenvalue weighted by atomic mass is 32.2. The maximum atomic E-state index is 13.8. The van der Waals surface area contributed by atoms with Gasteiger partial charge in [-0.2, -0.15) is 0 Å². The number of amides is 1. The summed E-state index contributed by atoms with van der Waals surface area (Å²) >= 11 is 0. The fourth-order valence-electron chi connectivity index (χ4n) is 3.39. The summed E-state index contributed by atoms with van der Waals surface area (Å²) in [6.07, 6.45) is 0.515. The number of anilines is 2. The van der Waals surface area contributed by atoms with Gasteiger partial charge in [0.1, 0.15) is 5.69 Å². The first-order chi connectivity index (χ1) is 15.6. The number of hydrogen-bond donors (Lipinski definition) is 2. The van der Waals surface area contributed by atoms with E-state index >= 15 is 0 Å². The summed E-state index contributed by atoms with van der Waals surface area (Å²) < 4.78 is 94.7. The third-order valence-corrected chi connectivity index (χ3v) is 6.85.